The molecule has 1 aliphatic heterocycles. The fourth-order valence-corrected chi connectivity index (χ4v) is 2.29. The second-order valence-corrected chi connectivity index (χ2v) is 4.57. The highest BCUT2D eigenvalue weighted by Crippen LogP contribution is 2.22. The van der Waals surface area contributed by atoms with Gasteiger partial charge in [-0.1, -0.05) is 6.92 Å². The SMILES string of the molecule is CCCOC1CCCN(c2ncccc2C#N)C1. The lowest BCUT2D eigenvalue weighted by Gasteiger charge is -2.33. The molecule has 18 heavy (non-hydrogen) atoms. The van der Waals surface area contributed by atoms with Crippen molar-refractivity contribution in [1.82, 2.24) is 4.98 Å². The zero-order valence-electron chi connectivity index (χ0n) is 10.8. The van der Waals surface area contributed by atoms with E-state index in [2.05, 4.69) is 22.9 Å². The van der Waals surface area contributed by atoms with Crippen LogP contribution in [0, 0.1) is 11.3 Å². The molecule has 0 amide bonds. The normalized spacial score (nSPS) is 19.6. The summed E-state index contributed by atoms with van der Waals surface area (Å²) in [6.07, 6.45) is 5.25. The van der Waals surface area contributed by atoms with Gasteiger partial charge in [-0.3, -0.25) is 0 Å². The number of aromatic nitrogens is 1. The van der Waals surface area contributed by atoms with E-state index in [4.69, 9.17) is 10.00 Å². The fourth-order valence-electron chi connectivity index (χ4n) is 2.29. The number of rotatable bonds is 4. The molecule has 0 aliphatic carbocycles. The average Bonchev–Trinajstić information content (AvgIpc) is 2.45. The van der Waals surface area contributed by atoms with Gasteiger partial charge in [0.25, 0.3) is 0 Å². The summed E-state index contributed by atoms with van der Waals surface area (Å²) in [6.45, 7) is 4.72. The van der Waals surface area contributed by atoms with Crippen LogP contribution in [0.4, 0.5) is 5.82 Å². The third kappa shape index (κ3) is 2.99. The van der Waals surface area contributed by atoms with Crippen LogP contribution in [0.15, 0.2) is 18.3 Å². The molecule has 96 valence electrons. The Morgan fingerprint density at radius 2 is 2.50 bits per heavy atom. The zero-order chi connectivity index (χ0) is 12.8. The third-order valence-corrected chi connectivity index (χ3v) is 3.14. The molecule has 1 saturated heterocycles. The van der Waals surface area contributed by atoms with E-state index in [1.54, 1.807) is 12.3 Å². The van der Waals surface area contributed by atoms with Crippen LogP contribution in [0.25, 0.3) is 0 Å². The van der Waals surface area contributed by atoms with Gasteiger partial charge >= 0.3 is 0 Å². The van der Waals surface area contributed by atoms with E-state index in [0.717, 1.165) is 44.8 Å². The molecule has 1 fully saturated rings. The second-order valence-electron chi connectivity index (χ2n) is 4.57. The van der Waals surface area contributed by atoms with E-state index in [1.165, 1.54) is 0 Å². The average molecular weight is 245 g/mol. The molecule has 4 nitrogen and oxygen atoms in total. The van der Waals surface area contributed by atoms with Crippen molar-refractivity contribution in [2.75, 3.05) is 24.6 Å². The van der Waals surface area contributed by atoms with Gasteiger partial charge in [-0.2, -0.15) is 5.26 Å². The van der Waals surface area contributed by atoms with Crippen LogP contribution < -0.4 is 4.90 Å². The van der Waals surface area contributed by atoms with Crippen molar-refractivity contribution in [2.45, 2.75) is 32.3 Å². The van der Waals surface area contributed by atoms with Crippen molar-refractivity contribution in [3.05, 3.63) is 23.9 Å². The Hall–Kier alpha value is -1.60. The summed E-state index contributed by atoms with van der Waals surface area (Å²) in [7, 11) is 0. The number of hydrogen-bond donors (Lipinski definition) is 0. The topological polar surface area (TPSA) is 49.1 Å². The van der Waals surface area contributed by atoms with Gasteiger partial charge in [0.05, 0.1) is 11.7 Å². The Balaban J connectivity index is 2.06. The summed E-state index contributed by atoms with van der Waals surface area (Å²) in [6, 6.07) is 5.83. The van der Waals surface area contributed by atoms with Crippen LogP contribution in [-0.4, -0.2) is 30.8 Å². The first kappa shape index (κ1) is 12.8. The van der Waals surface area contributed by atoms with Crippen LogP contribution in [-0.2, 0) is 4.74 Å². The molecule has 1 atom stereocenters. The van der Waals surface area contributed by atoms with Gasteiger partial charge in [-0.15, -0.1) is 0 Å². The van der Waals surface area contributed by atoms with Gasteiger partial charge in [0.15, 0.2) is 0 Å². The Morgan fingerprint density at radius 1 is 1.61 bits per heavy atom. The summed E-state index contributed by atoms with van der Waals surface area (Å²) < 4.78 is 5.80. The smallest absolute Gasteiger partial charge is 0.146 e. The number of nitrogens with zero attached hydrogens (tertiary/aromatic N) is 3. The molecular weight excluding hydrogens is 226 g/mol. The van der Waals surface area contributed by atoms with E-state index in [0.29, 0.717) is 5.56 Å². The van der Waals surface area contributed by atoms with Gasteiger partial charge in [0.2, 0.25) is 0 Å². The molecule has 0 spiro atoms. The molecule has 1 unspecified atom stereocenters. The first-order valence-electron chi connectivity index (χ1n) is 6.56. The van der Waals surface area contributed by atoms with Crippen LogP contribution in [0.5, 0.6) is 0 Å². The zero-order valence-corrected chi connectivity index (χ0v) is 10.8. The summed E-state index contributed by atoms with van der Waals surface area (Å²) in [5, 5.41) is 9.11. The Labute approximate surface area is 108 Å². The summed E-state index contributed by atoms with van der Waals surface area (Å²) in [5.74, 6) is 0.796. The summed E-state index contributed by atoms with van der Waals surface area (Å²) in [4.78, 5) is 6.50. The van der Waals surface area contributed by atoms with Crippen molar-refractivity contribution in [3.8, 4) is 6.07 Å². The molecule has 0 aromatic carbocycles. The highest BCUT2D eigenvalue weighted by atomic mass is 16.5. The first-order chi connectivity index (χ1) is 8.85. The monoisotopic (exact) mass is 245 g/mol. The van der Waals surface area contributed by atoms with Crippen LogP contribution in [0.1, 0.15) is 31.7 Å². The van der Waals surface area contributed by atoms with Crippen molar-refractivity contribution < 1.29 is 4.74 Å². The Bertz CT molecular complexity index is 427. The lowest BCUT2D eigenvalue weighted by Crippen LogP contribution is -2.40. The van der Waals surface area contributed by atoms with Gasteiger partial charge in [-0.25, -0.2) is 4.98 Å². The maximum absolute atomic E-state index is 9.11. The first-order valence-corrected chi connectivity index (χ1v) is 6.56. The third-order valence-electron chi connectivity index (χ3n) is 3.14. The molecule has 0 N–H and O–H groups in total. The number of nitriles is 1. The standard InChI is InChI=1S/C14H19N3O/c1-2-9-18-13-6-4-8-17(11-13)14-12(10-15)5-3-7-16-14/h3,5,7,13H,2,4,6,8-9,11H2,1H3. The van der Waals surface area contributed by atoms with E-state index in [-0.39, 0.29) is 6.10 Å². The van der Waals surface area contributed by atoms with Gasteiger partial charge in [-0.05, 0) is 31.4 Å². The molecule has 2 heterocycles. The maximum atomic E-state index is 9.11. The van der Waals surface area contributed by atoms with Crippen LogP contribution in [0.2, 0.25) is 0 Å². The predicted octanol–water partition coefficient (Wildman–Crippen LogP) is 2.35. The summed E-state index contributed by atoms with van der Waals surface area (Å²) >= 11 is 0. The van der Waals surface area contributed by atoms with Crippen LogP contribution >= 0.6 is 0 Å². The van der Waals surface area contributed by atoms with Crippen molar-refractivity contribution >= 4 is 5.82 Å². The van der Waals surface area contributed by atoms with E-state index < -0.39 is 0 Å². The molecule has 0 radical (unpaired) electrons. The van der Waals surface area contributed by atoms with E-state index >= 15 is 0 Å². The predicted molar refractivity (Wildman–Crippen MR) is 70.4 cm³/mol. The molecule has 0 saturated carbocycles. The fraction of sp³-hybridized carbons (Fsp3) is 0.571. The van der Waals surface area contributed by atoms with E-state index in [9.17, 15) is 0 Å². The number of anilines is 1. The molecule has 0 bridgehead atoms. The number of pyridine rings is 1. The molecule has 2 rings (SSSR count). The molecule has 4 heteroatoms. The lowest BCUT2D eigenvalue weighted by atomic mass is 10.1. The number of hydrogen-bond acceptors (Lipinski definition) is 4. The quantitative estimate of drug-likeness (QED) is 0.817. The highest BCUT2D eigenvalue weighted by Gasteiger charge is 2.22. The maximum Gasteiger partial charge on any atom is 0.146 e. The minimum Gasteiger partial charge on any atom is -0.376 e. The van der Waals surface area contributed by atoms with Crippen molar-refractivity contribution in [3.63, 3.8) is 0 Å². The Kier molecular flexibility index (Phi) is 4.54. The molecule has 1 aromatic heterocycles. The number of ether oxygens (including phenoxy) is 1. The van der Waals surface area contributed by atoms with Gasteiger partial charge in [0.1, 0.15) is 11.9 Å². The van der Waals surface area contributed by atoms with Crippen molar-refractivity contribution in [1.29, 1.82) is 5.26 Å². The second kappa shape index (κ2) is 6.36. The lowest BCUT2D eigenvalue weighted by molar-refractivity contribution is 0.0439. The molecule has 1 aromatic rings. The largest absolute Gasteiger partial charge is 0.376 e. The van der Waals surface area contributed by atoms with Gasteiger partial charge in [0, 0.05) is 25.9 Å². The van der Waals surface area contributed by atoms with Crippen LogP contribution in [0.3, 0.4) is 0 Å². The Morgan fingerprint density at radius 3 is 3.28 bits per heavy atom. The minimum absolute atomic E-state index is 0.271. The molecule has 1 aliphatic rings. The van der Waals surface area contributed by atoms with Gasteiger partial charge < -0.3 is 9.64 Å². The minimum atomic E-state index is 0.271. The highest BCUT2D eigenvalue weighted by molar-refractivity contribution is 5.53. The summed E-state index contributed by atoms with van der Waals surface area (Å²) in [5.41, 5.74) is 0.647. The van der Waals surface area contributed by atoms with E-state index in [1.807, 2.05) is 6.07 Å². The number of piperidine rings is 1. The molecular formula is C14H19N3O. The van der Waals surface area contributed by atoms with Crippen molar-refractivity contribution in [2.24, 2.45) is 0 Å².